The van der Waals surface area contributed by atoms with Crippen LogP contribution in [0.5, 0.6) is 0 Å². The average Bonchev–Trinajstić information content (AvgIpc) is 3.23. The molecule has 56 heavy (non-hydrogen) atoms. The molecule has 0 radical (unpaired) electrons. The van der Waals surface area contributed by atoms with Crippen molar-refractivity contribution in [1.29, 1.82) is 0 Å². The maximum atomic E-state index is 12.7. The summed E-state index contributed by atoms with van der Waals surface area (Å²) in [6.45, 7) is 0.338. The van der Waals surface area contributed by atoms with Crippen molar-refractivity contribution >= 4 is 40.9 Å². The maximum absolute atomic E-state index is 12.7. The number of para-hydroxylation sites is 2. The molecule has 5 aromatic carbocycles. The van der Waals surface area contributed by atoms with Gasteiger partial charge in [0.2, 0.25) is 11.8 Å². The summed E-state index contributed by atoms with van der Waals surface area (Å²) in [5, 5.41) is 25.1. The van der Waals surface area contributed by atoms with Crippen LogP contribution in [0.2, 0.25) is 0 Å². The third-order valence-electron chi connectivity index (χ3n) is 9.69. The fourth-order valence-corrected chi connectivity index (χ4v) is 7.67. The number of carboxylic acid groups (broad SMARTS) is 1. The van der Waals surface area contributed by atoms with Crippen LogP contribution >= 0.6 is 11.8 Å². The molecule has 6 N–H and O–H groups in total. The fourth-order valence-electron chi connectivity index (χ4n) is 6.60. The minimum atomic E-state index is -0.967. The second-order valence-electron chi connectivity index (χ2n) is 13.7. The highest BCUT2D eigenvalue weighted by Crippen LogP contribution is 2.40. The number of nitrogen functional groups attached to an aromatic ring is 1. The van der Waals surface area contributed by atoms with Crippen molar-refractivity contribution in [1.82, 2.24) is 5.32 Å². The van der Waals surface area contributed by atoms with Crippen LogP contribution in [-0.2, 0) is 32.2 Å². The zero-order valence-electron chi connectivity index (χ0n) is 31.1. The largest absolute Gasteiger partial charge is 0.478 e. The number of rotatable bonds is 17. The van der Waals surface area contributed by atoms with Crippen LogP contribution in [0.4, 0.5) is 11.4 Å². The molecule has 1 fully saturated rings. The van der Waals surface area contributed by atoms with Crippen molar-refractivity contribution in [3.05, 3.63) is 149 Å². The van der Waals surface area contributed by atoms with Crippen molar-refractivity contribution in [3.63, 3.8) is 0 Å². The van der Waals surface area contributed by atoms with Crippen molar-refractivity contribution in [2.45, 2.75) is 75.1 Å². The first-order chi connectivity index (χ1) is 27.3. The predicted molar refractivity (Wildman–Crippen MR) is 219 cm³/mol. The third-order valence-corrected chi connectivity index (χ3v) is 10.9. The molecule has 10 nitrogen and oxygen atoms in total. The Morgan fingerprint density at radius 1 is 0.750 bits per heavy atom. The van der Waals surface area contributed by atoms with Crippen LogP contribution < -0.4 is 16.4 Å². The number of nitrogens with one attached hydrogen (secondary N) is 2. The second-order valence-corrected chi connectivity index (χ2v) is 14.8. The number of anilines is 2. The van der Waals surface area contributed by atoms with Gasteiger partial charge in [0.05, 0.1) is 35.8 Å². The number of carboxylic acids is 1. The van der Waals surface area contributed by atoms with Crippen molar-refractivity contribution in [3.8, 4) is 11.1 Å². The molecule has 6 rings (SSSR count). The summed E-state index contributed by atoms with van der Waals surface area (Å²) in [5.41, 5.74) is 12.9. The monoisotopic (exact) mass is 773 g/mol. The molecule has 0 aromatic heterocycles. The minimum Gasteiger partial charge on any atom is -0.478 e. The standard InChI is InChI=1S/C45H47N3O7S/c46-38-13-7-8-14-39(38)48-43(51)17-3-1-2-16-42(50)47-27-34-10-4-5-11-36(34)31-22-24-33(25-23-31)45-54-35(29-56-41-15-9-6-12-37(41)44(52)53)26-40(55-45)32-20-18-30(28-49)19-21-32/h4-15,18-25,35,40,45,49H,1-3,16-17,26-29,46H2,(H,47,50)(H,48,51)(H,52,53). The summed E-state index contributed by atoms with van der Waals surface area (Å²) in [4.78, 5) is 37.5. The molecular weight excluding hydrogens is 727 g/mol. The quantitative estimate of drug-likeness (QED) is 0.0354. The Morgan fingerprint density at radius 2 is 1.43 bits per heavy atom. The number of hydrogen-bond donors (Lipinski definition) is 5. The van der Waals surface area contributed by atoms with E-state index in [0.717, 1.165) is 39.8 Å². The number of thioether (sulfide) groups is 1. The molecule has 2 amide bonds. The number of unbranched alkanes of at least 4 members (excludes halogenated alkanes) is 2. The number of aliphatic hydroxyl groups excluding tert-OH is 1. The smallest absolute Gasteiger partial charge is 0.336 e. The number of amides is 2. The van der Waals surface area contributed by atoms with Gasteiger partial charge in [0, 0.05) is 42.0 Å². The first-order valence-electron chi connectivity index (χ1n) is 18.8. The number of aliphatic hydroxyl groups is 1. The molecule has 1 heterocycles. The SMILES string of the molecule is Nc1ccccc1NC(=O)CCCCCC(=O)NCc1ccccc1-c1ccc(C2OC(CSc3ccccc3C(=O)O)CC(c3ccc(CO)cc3)O2)cc1. The van der Waals surface area contributed by atoms with E-state index in [0.29, 0.717) is 60.7 Å². The van der Waals surface area contributed by atoms with Crippen LogP contribution in [0.1, 0.15) is 83.5 Å². The summed E-state index contributed by atoms with van der Waals surface area (Å²) < 4.78 is 13.0. The Labute approximate surface area is 331 Å². The first-order valence-corrected chi connectivity index (χ1v) is 19.8. The van der Waals surface area contributed by atoms with E-state index in [-0.39, 0.29) is 36.2 Å². The van der Waals surface area contributed by atoms with E-state index in [2.05, 4.69) is 10.6 Å². The molecule has 3 atom stereocenters. The Balaban J connectivity index is 1.05. The first kappa shape index (κ1) is 40.2. The van der Waals surface area contributed by atoms with Crippen molar-refractivity contribution in [2.24, 2.45) is 0 Å². The highest BCUT2D eigenvalue weighted by atomic mass is 32.2. The number of nitrogens with two attached hydrogens (primary N) is 1. The van der Waals surface area contributed by atoms with Gasteiger partial charge in [-0.2, -0.15) is 0 Å². The van der Waals surface area contributed by atoms with Crippen LogP contribution in [-0.4, -0.2) is 39.9 Å². The molecular formula is C45H47N3O7S. The second kappa shape index (κ2) is 19.9. The molecule has 0 bridgehead atoms. The molecule has 11 heteroatoms. The van der Waals surface area contributed by atoms with Gasteiger partial charge < -0.3 is 36.1 Å². The molecule has 3 unspecified atom stereocenters. The number of ether oxygens (including phenoxy) is 2. The molecule has 0 saturated carbocycles. The highest BCUT2D eigenvalue weighted by molar-refractivity contribution is 7.99. The van der Waals surface area contributed by atoms with E-state index in [4.69, 9.17) is 15.2 Å². The number of carbonyl (C=O) groups is 3. The van der Waals surface area contributed by atoms with E-state index in [1.165, 1.54) is 11.8 Å². The lowest BCUT2D eigenvalue weighted by molar-refractivity contribution is -0.245. The lowest BCUT2D eigenvalue weighted by Crippen LogP contribution is -2.31. The summed E-state index contributed by atoms with van der Waals surface area (Å²) >= 11 is 1.46. The maximum Gasteiger partial charge on any atom is 0.336 e. The van der Waals surface area contributed by atoms with Gasteiger partial charge in [-0.3, -0.25) is 9.59 Å². The predicted octanol–water partition coefficient (Wildman–Crippen LogP) is 8.67. The highest BCUT2D eigenvalue weighted by Gasteiger charge is 2.32. The number of aromatic carboxylic acids is 1. The normalized spacial score (nSPS) is 16.6. The Morgan fingerprint density at radius 3 is 2.18 bits per heavy atom. The number of benzene rings is 5. The van der Waals surface area contributed by atoms with E-state index < -0.39 is 12.3 Å². The average molecular weight is 774 g/mol. The summed E-state index contributed by atoms with van der Waals surface area (Å²) in [6.07, 6.45) is 2.29. The number of hydrogen-bond acceptors (Lipinski definition) is 8. The van der Waals surface area contributed by atoms with Gasteiger partial charge in [0.1, 0.15) is 0 Å². The van der Waals surface area contributed by atoms with Crippen LogP contribution in [0.25, 0.3) is 11.1 Å². The van der Waals surface area contributed by atoms with Gasteiger partial charge in [-0.15, -0.1) is 11.8 Å². The Kier molecular flexibility index (Phi) is 14.3. The summed E-state index contributed by atoms with van der Waals surface area (Å²) in [6, 6.07) is 37.8. The minimum absolute atomic E-state index is 0.0389. The topological polar surface area (TPSA) is 160 Å². The zero-order chi connectivity index (χ0) is 39.3. The molecule has 1 saturated heterocycles. The van der Waals surface area contributed by atoms with Gasteiger partial charge in [-0.05, 0) is 64.9 Å². The summed E-state index contributed by atoms with van der Waals surface area (Å²) in [5.74, 6) is -0.562. The summed E-state index contributed by atoms with van der Waals surface area (Å²) in [7, 11) is 0. The molecule has 1 aliphatic heterocycles. The molecule has 0 spiro atoms. The van der Waals surface area contributed by atoms with Gasteiger partial charge in [0.15, 0.2) is 6.29 Å². The van der Waals surface area contributed by atoms with Crippen LogP contribution in [0.3, 0.4) is 0 Å². The van der Waals surface area contributed by atoms with E-state index in [9.17, 15) is 24.6 Å². The van der Waals surface area contributed by atoms with Gasteiger partial charge in [0.25, 0.3) is 0 Å². The van der Waals surface area contributed by atoms with Crippen LogP contribution in [0.15, 0.2) is 126 Å². The zero-order valence-corrected chi connectivity index (χ0v) is 31.9. The molecule has 0 aliphatic carbocycles. The van der Waals surface area contributed by atoms with Crippen LogP contribution in [0, 0.1) is 0 Å². The van der Waals surface area contributed by atoms with E-state index in [1.54, 1.807) is 24.3 Å². The fraction of sp³-hybridized carbons (Fsp3) is 0.267. The van der Waals surface area contributed by atoms with E-state index >= 15 is 0 Å². The van der Waals surface area contributed by atoms with Gasteiger partial charge in [-0.25, -0.2) is 4.79 Å². The number of carbonyl (C=O) groups excluding carboxylic acids is 2. The van der Waals surface area contributed by atoms with Crippen molar-refractivity contribution in [2.75, 3.05) is 16.8 Å². The van der Waals surface area contributed by atoms with Gasteiger partial charge in [-0.1, -0.05) is 103 Å². The van der Waals surface area contributed by atoms with Crippen molar-refractivity contribution < 1.29 is 34.1 Å². The Hall–Kier alpha value is -5.46. The lowest BCUT2D eigenvalue weighted by Gasteiger charge is -2.36. The molecule has 290 valence electrons. The van der Waals surface area contributed by atoms with E-state index in [1.807, 2.05) is 97.1 Å². The molecule has 5 aromatic rings. The third kappa shape index (κ3) is 11.1. The van der Waals surface area contributed by atoms with Gasteiger partial charge >= 0.3 is 5.97 Å². The Bertz CT molecular complexity index is 2090. The molecule has 1 aliphatic rings. The lowest BCUT2D eigenvalue weighted by atomic mass is 9.97.